The molecule has 4 heterocycles. The molecule has 5 heteroatoms. The molecule has 0 spiro atoms. The first-order valence-electron chi connectivity index (χ1n) is 23.3. The molecule has 0 saturated carbocycles. The Balaban J connectivity index is 1.03. The molecule has 0 N–H and O–H groups in total. The highest BCUT2D eigenvalue weighted by Gasteiger charge is 2.25. The average Bonchev–Trinajstić information content (AvgIpc) is 4.05. The number of para-hydroxylation sites is 2. The minimum absolute atomic E-state index is 0.00396. The molecule has 0 saturated heterocycles. The van der Waals surface area contributed by atoms with Crippen LogP contribution in [0.5, 0.6) is 0 Å². The summed E-state index contributed by atoms with van der Waals surface area (Å²) in [5, 5.41) is 11.4. The molecule has 1 aliphatic heterocycles. The topological polar surface area (TPSA) is 55.9 Å². The van der Waals surface area contributed by atoms with E-state index < -0.39 is 0 Å². The maximum atomic E-state index is 6.87. The smallest absolute Gasteiger partial charge is 0.160 e. The van der Waals surface area contributed by atoms with Gasteiger partial charge in [0.2, 0.25) is 0 Å². The van der Waals surface area contributed by atoms with Crippen molar-refractivity contribution >= 4 is 104 Å². The van der Waals surface area contributed by atoms with Crippen molar-refractivity contribution in [3.05, 3.63) is 229 Å². The molecule has 5 nitrogen and oxygen atoms in total. The van der Waals surface area contributed by atoms with E-state index in [1.165, 1.54) is 37.9 Å². The van der Waals surface area contributed by atoms with Crippen LogP contribution >= 0.6 is 0 Å². The number of hydrogen-bond acceptors (Lipinski definition) is 4. The lowest BCUT2D eigenvalue weighted by Gasteiger charge is -2.20. The molecule has 13 aromatic rings. The number of hydrogen-bond donors (Lipinski definition) is 0. The van der Waals surface area contributed by atoms with Gasteiger partial charge < -0.3 is 13.4 Å². The van der Waals surface area contributed by atoms with Crippen LogP contribution in [0.25, 0.3) is 110 Å². The third kappa shape index (κ3) is 6.16. The van der Waals surface area contributed by atoms with Crippen LogP contribution < -0.4 is 0 Å². The van der Waals surface area contributed by atoms with Gasteiger partial charge in [-0.3, -0.25) is 0 Å². The van der Waals surface area contributed by atoms with E-state index in [0.717, 1.165) is 101 Å². The molecule has 1 unspecified atom stereocenters. The van der Waals surface area contributed by atoms with Crippen LogP contribution in [0.15, 0.2) is 231 Å². The first kappa shape index (κ1) is 38.5. The van der Waals surface area contributed by atoms with Crippen molar-refractivity contribution in [1.82, 2.24) is 4.57 Å². The van der Waals surface area contributed by atoms with Crippen LogP contribution in [0.2, 0.25) is 0 Å². The molecule has 3 aromatic heterocycles. The fourth-order valence-electron chi connectivity index (χ4n) is 10.6. The van der Waals surface area contributed by atoms with Crippen molar-refractivity contribution in [2.75, 3.05) is 0 Å². The third-order valence-corrected chi connectivity index (χ3v) is 14.0. The van der Waals surface area contributed by atoms with E-state index in [-0.39, 0.29) is 5.92 Å². The number of fused-ring (bicyclic) bond motifs is 11. The second-order valence-electron chi connectivity index (χ2n) is 18.1. The molecule has 10 aromatic carbocycles. The molecular weight excluding hydrogens is 831 g/mol. The van der Waals surface area contributed by atoms with Crippen LogP contribution in [0, 0.1) is 5.92 Å². The number of allylic oxidation sites excluding steroid dienone is 1. The molecule has 0 bridgehead atoms. The number of nitrogens with zero attached hydrogens (tertiary/aromatic N) is 3. The first-order valence-corrected chi connectivity index (χ1v) is 23.3. The zero-order chi connectivity index (χ0) is 44.9. The van der Waals surface area contributed by atoms with Crippen LogP contribution in [0.1, 0.15) is 30.0 Å². The van der Waals surface area contributed by atoms with Gasteiger partial charge in [0.1, 0.15) is 22.3 Å². The monoisotopic (exact) mass is 871 g/mol. The van der Waals surface area contributed by atoms with E-state index in [9.17, 15) is 0 Å². The zero-order valence-electron chi connectivity index (χ0n) is 37.1. The lowest BCUT2D eigenvalue weighted by atomic mass is 9.90. The van der Waals surface area contributed by atoms with Crippen LogP contribution in [-0.4, -0.2) is 16.1 Å². The van der Waals surface area contributed by atoms with Gasteiger partial charge in [-0.15, -0.1) is 0 Å². The van der Waals surface area contributed by atoms with Crippen molar-refractivity contribution in [2.24, 2.45) is 15.9 Å². The van der Waals surface area contributed by atoms with Gasteiger partial charge >= 0.3 is 0 Å². The standard InChI is InChI=1S/C63H41N3O2/c1-38-23-29-54(41-26-24-40(25-27-41)39-13-3-2-4-14-39)64-63(46-28-30-59-52(33-46)48-19-9-11-21-57(48)67-59)65-62(38)53-36-47(37-60-61(53)49-20-10-12-22-58(49)68-60)66-55-34-44-17-7-5-15-42(44)31-50(55)51-32-43-16-6-8-18-45(43)35-56(51)66/h2-22,24-38H,23H2,1H3/b54-29+,64-63-,65-62+. The lowest BCUT2D eigenvalue weighted by Crippen LogP contribution is -2.18. The predicted octanol–water partition coefficient (Wildman–Crippen LogP) is 16.9. The van der Waals surface area contributed by atoms with Crippen molar-refractivity contribution < 1.29 is 8.83 Å². The summed E-state index contributed by atoms with van der Waals surface area (Å²) in [5.74, 6) is 0.633. The maximum Gasteiger partial charge on any atom is 0.160 e. The summed E-state index contributed by atoms with van der Waals surface area (Å²) in [4.78, 5) is 11.3. The Morgan fingerprint density at radius 2 is 0.971 bits per heavy atom. The predicted molar refractivity (Wildman–Crippen MR) is 284 cm³/mol. The normalized spacial score (nSPS) is 16.9. The quantitative estimate of drug-likeness (QED) is 0.173. The fourth-order valence-corrected chi connectivity index (χ4v) is 10.6. The molecule has 0 radical (unpaired) electrons. The highest BCUT2D eigenvalue weighted by molar-refractivity contribution is 6.24. The molecule has 0 fully saturated rings. The van der Waals surface area contributed by atoms with Gasteiger partial charge in [-0.25, -0.2) is 9.98 Å². The summed E-state index contributed by atoms with van der Waals surface area (Å²) in [6.45, 7) is 2.29. The van der Waals surface area contributed by atoms with Gasteiger partial charge in [-0.1, -0.05) is 153 Å². The number of rotatable bonds is 5. The molecule has 14 rings (SSSR count). The molecule has 0 aliphatic carbocycles. The summed E-state index contributed by atoms with van der Waals surface area (Å²) in [6, 6.07) is 73.4. The second kappa shape index (κ2) is 15.1. The molecule has 1 aliphatic rings. The van der Waals surface area contributed by atoms with Crippen molar-refractivity contribution in [1.29, 1.82) is 0 Å². The number of furan rings is 2. The second-order valence-corrected chi connectivity index (χ2v) is 18.1. The lowest BCUT2D eigenvalue weighted by molar-refractivity contribution is 0.668. The van der Waals surface area contributed by atoms with Crippen LogP contribution in [0.4, 0.5) is 0 Å². The molecule has 1 atom stereocenters. The van der Waals surface area contributed by atoms with Crippen LogP contribution in [-0.2, 0) is 0 Å². The Bertz CT molecular complexity index is 4200. The summed E-state index contributed by atoms with van der Waals surface area (Å²) >= 11 is 0. The summed E-state index contributed by atoms with van der Waals surface area (Å²) in [6.07, 6.45) is 3.02. The third-order valence-electron chi connectivity index (χ3n) is 14.0. The minimum Gasteiger partial charge on any atom is -0.456 e. The Labute approximate surface area is 391 Å². The first-order chi connectivity index (χ1) is 33.6. The summed E-state index contributed by atoms with van der Waals surface area (Å²) in [7, 11) is 0. The Morgan fingerprint density at radius 3 is 1.68 bits per heavy atom. The highest BCUT2D eigenvalue weighted by Crippen LogP contribution is 2.41. The molecular formula is C63H41N3O2. The minimum atomic E-state index is -0.00396. The number of amidine groups is 1. The van der Waals surface area contributed by atoms with E-state index in [0.29, 0.717) is 5.84 Å². The molecule has 0 amide bonds. The number of aliphatic imine (C=N–C) groups is 2. The SMILES string of the molecule is CC1C/C=C(c2ccc(-c3ccccc3)cc2)/N=C(c2ccc3oc4ccccc4c3c2)\N=C/1c1cc(-n2c3cc4ccccc4cc3c3cc4ccccc4cc32)cc2oc3ccccc3c12. The van der Waals surface area contributed by atoms with Gasteiger partial charge in [0.05, 0.1) is 28.1 Å². The van der Waals surface area contributed by atoms with E-state index in [2.05, 4.69) is 206 Å². The number of aromatic nitrogens is 1. The average molecular weight is 872 g/mol. The van der Waals surface area contributed by atoms with E-state index in [4.69, 9.17) is 18.8 Å². The summed E-state index contributed by atoms with van der Waals surface area (Å²) < 4.78 is 15.6. The Hall–Kier alpha value is -8.80. The van der Waals surface area contributed by atoms with Gasteiger partial charge in [-0.05, 0) is 105 Å². The van der Waals surface area contributed by atoms with Gasteiger partial charge in [0.25, 0.3) is 0 Å². The largest absolute Gasteiger partial charge is 0.456 e. The van der Waals surface area contributed by atoms with Crippen molar-refractivity contribution in [3.63, 3.8) is 0 Å². The van der Waals surface area contributed by atoms with Gasteiger partial charge in [0.15, 0.2) is 5.84 Å². The van der Waals surface area contributed by atoms with E-state index in [1.807, 2.05) is 18.2 Å². The van der Waals surface area contributed by atoms with Crippen LogP contribution in [0.3, 0.4) is 0 Å². The maximum absolute atomic E-state index is 6.87. The van der Waals surface area contributed by atoms with E-state index >= 15 is 0 Å². The Kier molecular flexibility index (Phi) is 8.56. The zero-order valence-corrected chi connectivity index (χ0v) is 37.1. The van der Waals surface area contributed by atoms with Gasteiger partial charge in [0, 0.05) is 55.4 Å². The molecule has 320 valence electrons. The molecule has 68 heavy (non-hydrogen) atoms. The summed E-state index contributed by atoms with van der Waals surface area (Å²) in [5.41, 5.74) is 13.8. The fraction of sp³-hybridized carbons (Fsp3) is 0.0476. The van der Waals surface area contributed by atoms with E-state index in [1.54, 1.807) is 0 Å². The van der Waals surface area contributed by atoms with Gasteiger partial charge in [-0.2, -0.15) is 0 Å². The van der Waals surface area contributed by atoms with Crippen molar-refractivity contribution in [3.8, 4) is 16.8 Å². The number of benzene rings is 10. The highest BCUT2D eigenvalue weighted by atomic mass is 16.3. The van der Waals surface area contributed by atoms with Crippen molar-refractivity contribution in [2.45, 2.75) is 13.3 Å². The Morgan fingerprint density at radius 1 is 0.426 bits per heavy atom.